The van der Waals surface area contributed by atoms with Crippen molar-refractivity contribution in [1.29, 1.82) is 0 Å². The predicted octanol–water partition coefficient (Wildman–Crippen LogP) is 4.43. The Kier molecular flexibility index (Phi) is 35.7. The maximum Gasteiger partial charge on any atom is 0.219 e. The predicted molar refractivity (Wildman–Crippen MR) is 110 cm³/mol. The van der Waals surface area contributed by atoms with Crippen LogP contribution in [0.25, 0.3) is 0 Å². The van der Waals surface area contributed by atoms with Gasteiger partial charge in [0.15, 0.2) is 0 Å². The van der Waals surface area contributed by atoms with Crippen LogP contribution in [-0.4, -0.2) is 44.3 Å². The summed E-state index contributed by atoms with van der Waals surface area (Å²) >= 11 is 1.83. The molecule has 0 aliphatic rings. The van der Waals surface area contributed by atoms with E-state index in [-0.39, 0.29) is 5.91 Å². The van der Waals surface area contributed by atoms with Gasteiger partial charge in [-0.3, -0.25) is 4.79 Å². The highest BCUT2D eigenvalue weighted by molar-refractivity contribution is 7.98. The van der Waals surface area contributed by atoms with Crippen LogP contribution < -0.4 is 10.6 Å². The van der Waals surface area contributed by atoms with Crippen LogP contribution in [0, 0.1) is 0 Å². The summed E-state index contributed by atoms with van der Waals surface area (Å²) in [7, 11) is 2.00. The standard InChI is InChI=1S/C14H30N2OS.C3H6O.C2H6/c1-15-11-8-6-4-3-5-7-10-14(17)16-12-9-13-18-2;1-2-3-4;1-2/h15H,3-13H2,1-2H3,(H,16,17);3H,2H2,1H3;1-2H3. The maximum absolute atomic E-state index is 11.5. The van der Waals surface area contributed by atoms with E-state index in [0.29, 0.717) is 12.8 Å². The van der Waals surface area contributed by atoms with Crippen molar-refractivity contribution in [1.82, 2.24) is 10.6 Å². The second-order valence-electron chi connectivity index (χ2n) is 5.25. The van der Waals surface area contributed by atoms with E-state index in [1.807, 2.05) is 39.6 Å². The first-order chi connectivity index (χ1) is 11.7. The number of nitrogens with one attached hydrogen (secondary N) is 2. The van der Waals surface area contributed by atoms with Gasteiger partial charge in [0.2, 0.25) is 5.91 Å². The van der Waals surface area contributed by atoms with Gasteiger partial charge in [0.05, 0.1) is 0 Å². The number of rotatable bonds is 14. The number of carbonyl (C=O) groups is 2. The van der Waals surface area contributed by atoms with Crippen molar-refractivity contribution in [2.75, 3.05) is 32.1 Å². The Labute approximate surface area is 155 Å². The van der Waals surface area contributed by atoms with Gasteiger partial charge in [0.1, 0.15) is 6.29 Å². The minimum absolute atomic E-state index is 0.228. The van der Waals surface area contributed by atoms with Gasteiger partial charge in [-0.1, -0.05) is 46.5 Å². The molecule has 146 valence electrons. The van der Waals surface area contributed by atoms with Crippen molar-refractivity contribution < 1.29 is 9.59 Å². The van der Waals surface area contributed by atoms with Crippen molar-refractivity contribution in [3.8, 4) is 0 Å². The largest absolute Gasteiger partial charge is 0.356 e. The molecule has 0 aromatic heterocycles. The van der Waals surface area contributed by atoms with Crippen LogP contribution in [-0.2, 0) is 9.59 Å². The highest BCUT2D eigenvalue weighted by Crippen LogP contribution is 2.06. The van der Waals surface area contributed by atoms with Crippen LogP contribution in [0.4, 0.5) is 0 Å². The quantitative estimate of drug-likeness (QED) is 0.354. The van der Waals surface area contributed by atoms with Gasteiger partial charge in [-0.2, -0.15) is 11.8 Å². The van der Waals surface area contributed by atoms with Crippen LogP contribution in [0.1, 0.15) is 78.6 Å². The summed E-state index contributed by atoms with van der Waals surface area (Å²) in [6.07, 6.45) is 12.8. The van der Waals surface area contributed by atoms with Gasteiger partial charge in [-0.15, -0.1) is 0 Å². The van der Waals surface area contributed by atoms with E-state index in [4.69, 9.17) is 0 Å². The normalized spacial score (nSPS) is 9.21. The minimum atomic E-state index is 0.228. The summed E-state index contributed by atoms with van der Waals surface area (Å²) in [6.45, 7) is 7.77. The highest BCUT2D eigenvalue weighted by Gasteiger charge is 1.99. The van der Waals surface area contributed by atoms with Crippen LogP contribution in [0.3, 0.4) is 0 Å². The number of hydrogen-bond donors (Lipinski definition) is 2. The van der Waals surface area contributed by atoms with E-state index < -0.39 is 0 Å². The molecule has 4 nitrogen and oxygen atoms in total. The van der Waals surface area contributed by atoms with Crippen LogP contribution in [0.2, 0.25) is 0 Å². The first-order valence-corrected chi connectivity index (χ1v) is 11.0. The Morgan fingerprint density at radius 2 is 1.50 bits per heavy atom. The third kappa shape index (κ3) is 33.1. The van der Waals surface area contributed by atoms with E-state index in [1.165, 1.54) is 32.1 Å². The first kappa shape index (κ1) is 28.3. The van der Waals surface area contributed by atoms with Crippen LogP contribution in [0.5, 0.6) is 0 Å². The minimum Gasteiger partial charge on any atom is -0.356 e. The first-order valence-electron chi connectivity index (χ1n) is 9.56. The molecule has 0 aromatic carbocycles. The molecule has 0 bridgehead atoms. The fourth-order valence-corrected chi connectivity index (χ4v) is 2.26. The molecular formula is C19H42N2O2S. The number of thioether (sulfide) groups is 1. The second kappa shape index (κ2) is 30.3. The van der Waals surface area contributed by atoms with Gasteiger partial charge in [-0.05, 0) is 44.9 Å². The molecule has 1 amide bonds. The summed E-state index contributed by atoms with van der Waals surface area (Å²) in [5.41, 5.74) is 0. The van der Waals surface area contributed by atoms with E-state index in [1.54, 1.807) is 0 Å². The van der Waals surface area contributed by atoms with Crippen molar-refractivity contribution in [3.05, 3.63) is 0 Å². The monoisotopic (exact) mass is 362 g/mol. The topological polar surface area (TPSA) is 58.2 Å². The molecule has 24 heavy (non-hydrogen) atoms. The van der Waals surface area contributed by atoms with Crippen molar-refractivity contribution in [3.63, 3.8) is 0 Å². The summed E-state index contributed by atoms with van der Waals surface area (Å²) in [5.74, 6) is 1.36. The average Bonchev–Trinajstić information content (AvgIpc) is 2.63. The molecule has 0 saturated heterocycles. The molecule has 0 heterocycles. The zero-order valence-electron chi connectivity index (χ0n) is 16.8. The lowest BCUT2D eigenvalue weighted by atomic mass is 10.1. The Morgan fingerprint density at radius 1 is 0.958 bits per heavy atom. The Morgan fingerprint density at radius 3 is 2.00 bits per heavy atom. The van der Waals surface area contributed by atoms with Gasteiger partial charge in [0.25, 0.3) is 0 Å². The number of hydrogen-bond acceptors (Lipinski definition) is 4. The van der Waals surface area contributed by atoms with E-state index in [9.17, 15) is 9.59 Å². The van der Waals surface area contributed by atoms with Crippen LogP contribution >= 0.6 is 11.8 Å². The highest BCUT2D eigenvalue weighted by atomic mass is 32.2. The fraction of sp³-hybridized carbons (Fsp3) is 0.895. The van der Waals surface area contributed by atoms with E-state index in [2.05, 4.69) is 16.9 Å². The molecular weight excluding hydrogens is 320 g/mol. The number of unbranched alkanes of at least 4 members (excludes halogenated alkanes) is 5. The lowest BCUT2D eigenvalue weighted by Gasteiger charge is -2.04. The number of aldehydes is 1. The SMILES string of the molecule is CC.CCC=O.CNCCCCCCCCC(=O)NCCCSC. The van der Waals surface area contributed by atoms with Crippen molar-refractivity contribution in [2.24, 2.45) is 0 Å². The lowest BCUT2D eigenvalue weighted by molar-refractivity contribution is -0.121. The Balaban J connectivity index is -0.000000636. The average molecular weight is 363 g/mol. The summed E-state index contributed by atoms with van der Waals surface area (Å²) in [6, 6.07) is 0. The molecule has 0 aliphatic carbocycles. The molecule has 2 N–H and O–H groups in total. The van der Waals surface area contributed by atoms with Crippen LogP contribution in [0.15, 0.2) is 0 Å². The molecule has 0 spiro atoms. The lowest BCUT2D eigenvalue weighted by Crippen LogP contribution is -2.24. The third-order valence-electron chi connectivity index (χ3n) is 3.09. The van der Waals surface area contributed by atoms with Gasteiger partial charge < -0.3 is 15.4 Å². The molecule has 0 rings (SSSR count). The van der Waals surface area contributed by atoms with E-state index in [0.717, 1.165) is 38.0 Å². The van der Waals surface area contributed by atoms with Crippen molar-refractivity contribution in [2.45, 2.75) is 78.6 Å². The molecule has 0 radical (unpaired) electrons. The molecule has 0 aromatic rings. The van der Waals surface area contributed by atoms with Gasteiger partial charge in [0, 0.05) is 19.4 Å². The zero-order valence-corrected chi connectivity index (χ0v) is 17.6. The molecule has 0 unspecified atom stereocenters. The maximum atomic E-state index is 11.5. The summed E-state index contributed by atoms with van der Waals surface area (Å²) in [5, 5.41) is 6.13. The molecule has 5 heteroatoms. The smallest absolute Gasteiger partial charge is 0.219 e. The van der Waals surface area contributed by atoms with Gasteiger partial charge >= 0.3 is 0 Å². The zero-order chi connectivity index (χ0) is 18.9. The number of carbonyl (C=O) groups excluding carboxylic acids is 2. The molecule has 0 aliphatic heterocycles. The summed E-state index contributed by atoms with van der Waals surface area (Å²) < 4.78 is 0. The molecule has 0 saturated carbocycles. The third-order valence-corrected chi connectivity index (χ3v) is 3.79. The Hall–Kier alpha value is -0.550. The fourth-order valence-electron chi connectivity index (χ4n) is 1.83. The molecule has 0 atom stereocenters. The van der Waals surface area contributed by atoms with Gasteiger partial charge in [-0.25, -0.2) is 0 Å². The molecule has 0 fully saturated rings. The summed E-state index contributed by atoms with van der Waals surface area (Å²) in [4.78, 5) is 20.6. The Bertz CT molecular complexity index is 239. The van der Waals surface area contributed by atoms with E-state index >= 15 is 0 Å². The number of amides is 1. The second-order valence-corrected chi connectivity index (χ2v) is 6.23. The van der Waals surface area contributed by atoms with Crippen molar-refractivity contribution >= 4 is 24.0 Å².